The maximum absolute atomic E-state index is 11.5. The molecule has 0 aromatic carbocycles. The van der Waals surface area contributed by atoms with E-state index in [4.69, 9.17) is 0 Å². The van der Waals surface area contributed by atoms with Crippen molar-refractivity contribution in [2.45, 2.75) is 20.4 Å². The molecular formula is C11H17BrN2O. The van der Waals surface area contributed by atoms with Crippen LogP contribution in [0.5, 0.6) is 0 Å². The lowest BCUT2D eigenvalue weighted by Gasteiger charge is -2.18. The first-order chi connectivity index (χ1) is 7.17. The normalized spacial score (nSPS) is 10.9. The first-order valence-electron chi connectivity index (χ1n) is 5.25. The summed E-state index contributed by atoms with van der Waals surface area (Å²) < 4.78 is 2.68. The van der Waals surface area contributed by atoms with Crippen LogP contribution in [0.4, 0.5) is 0 Å². The SMILES string of the molecule is CCN(CC)CCn1cc(Br)ccc1=O. The van der Waals surface area contributed by atoms with Gasteiger partial charge < -0.3 is 9.47 Å². The third-order valence-corrected chi connectivity index (χ3v) is 2.97. The molecule has 0 fully saturated rings. The monoisotopic (exact) mass is 272 g/mol. The number of hydrogen-bond acceptors (Lipinski definition) is 2. The smallest absolute Gasteiger partial charge is 0.250 e. The summed E-state index contributed by atoms with van der Waals surface area (Å²) in [6.07, 6.45) is 1.84. The Labute approximate surface area is 98.8 Å². The van der Waals surface area contributed by atoms with Crippen molar-refractivity contribution in [3.8, 4) is 0 Å². The average molecular weight is 273 g/mol. The Morgan fingerprint density at radius 1 is 1.33 bits per heavy atom. The van der Waals surface area contributed by atoms with E-state index in [2.05, 4.69) is 34.7 Å². The fourth-order valence-corrected chi connectivity index (χ4v) is 1.85. The first kappa shape index (κ1) is 12.5. The Hall–Kier alpha value is -0.610. The predicted molar refractivity (Wildman–Crippen MR) is 66.2 cm³/mol. The van der Waals surface area contributed by atoms with E-state index in [-0.39, 0.29) is 5.56 Å². The summed E-state index contributed by atoms with van der Waals surface area (Å²) in [5.41, 5.74) is 0.0605. The Balaban J connectivity index is 2.64. The van der Waals surface area contributed by atoms with Gasteiger partial charge in [-0.15, -0.1) is 0 Å². The Morgan fingerprint density at radius 2 is 2.00 bits per heavy atom. The number of halogens is 1. The van der Waals surface area contributed by atoms with E-state index >= 15 is 0 Å². The molecule has 0 radical (unpaired) electrons. The van der Waals surface area contributed by atoms with E-state index in [1.54, 1.807) is 16.7 Å². The Morgan fingerprint density at radius 3 is 2.60 bits per heavy atom. The van der Waals surface area contributed by atoms with Crippen molar-refractivity contribution in [2.75, 3.05) is 19.6 Å². The molecule has 0 aliphatic rings. The van der Waals surface area contributed by atoms with E-state index in [0.29, 0.717) is 0 Å². The zero-order valence-corrected chi connectivity index (χ0v) is 10.8. The number of rotatable bonds is 5. The van der Waals surface area contributed by atoms with Crippen LogP contribution in [0, 0.1) is 0 Å². The number of nitrogens with zero attached hydrogens (tertiary/aromatic N) is 2. The average Bonchev–Trinajstić information content (AvgIpc) is 2.24. The largest absolute Gasteiger partial charge is 0.313 e. The molecule has 0 atom stereocenters. The van der Waals surface area contributed by atoms with Gasteiger partial charge >= 0.3 is 0 Å². The molecule has 0 aliphatic heterocycles. The minimum Gasteiger partial charge on any atom is -0.313 e. The molecule has 0 amide bonds. The molecule has 1 heterocycles. The topological polar surface area (TPSA) is 25.2 Å². The summed E-state index contributed by atoms with van der Waals surface area (Å²) in [5, 5.41) is 0. The number of likely N-dealkylation sites (N-methyl/N-ethyl adjacent to an activating group) is 1. The van der Waals surface area contributed by atoms with E-state index in [1.165, 1.54) is 0 Å². The Bertz CT molecular complexity index is 358. The van der Waals surface area contributed by atoms with Gasteiger partial charge in [-0.05, 0) is 35.1 Å². The number of pyridine rings is 1. The second-order valence-electron chi connectivity index (χ2n) is 3.41. The lowest BCUT2D eigenvalue weighted by Crippen LogP contribution is -2.30. The van der Waals surface area contributed by atoms with Gasteiger partial charge in [-0.1, -0.05) is 13.8 Å². The zero-order chi connectivity index (χ0) is 11.3. The number of hydrogen-bond donors (Lipinski definition) is 0. The van der Waals surface area contributed by atoms with Crippen molar-refractivity contribution in [1.82, 2.24) is 9.47 Å². The molecule has 0 unspecified atom stereocenters. The van der Waals surface area contributed by atoms with Crippen molar-refractivity contribution < 1.29 is 0 Å². The number of aromatic nitrogens is 1. The van der Waals surface area contributed by atoms with Crippen molar-refractivity contribution in [2.24, 2.45) is 0 Å². The lowest BCUT2D eigenvalue weighted by atomic mass is 10.4. The fourth-order valence-electron chi connectivity index (χ4n) is 1.47. The van der Waals surface area contributed by atoms with Crippen LogP contribution in [0.2, 0.25) is 0 Å². The molecule has 0 saturated carbocycles. The molecule has 1 rings (SSSR count). The van der Waals surface area contributed by atoms with Gasteiger partial charge in [-0.25, -0.2) is 0 Å². The highest BCUT2D eigenvalue weighted by atomic mass is 79.9. The van der Waals surface area contributed by atoms with Crippen molar-refractivity contribution in [1.29, 1.82) is 0 Å². The first-order valence-corrected chi connectivity index (χ1v) is 6.05. The molecule has 84 valence electrons. The maximum Gasteiger partial charge on any atom is 0.250 e. The summed E-state index contributed by atoms with van der Waals surface area (Å²) in [7, 11) is 0. The van der Waals surface area contributed by atoms with Crippen LogP contribution in [0.25, 0.3) is 0 Å². The van der Waals surface area contributed by atoms with Crippen molar-refractivity contribution >= 4 is 15.9 Å². The second-order valence-corrected chi connectivity index (χ2v) is 4.32. The summed E-state index contributed by atoms with van der Waals surface area (Å²) in [6.45, 7) is 7.99. The highest BCUT2D eigenvalue weighted by Gasteiger charge is 2.01. The van der Waals surface area contributed by atoms with Gasteiger partial charge in [0.15, 0.2) is 0 Å². The van der Waals surface area contributed by atoms with E-state index in [9.17, 15) is 4.79 Å². The van der Waals surface area contributed by atoms with Gasteiger partial charge in [0.2, 0.25) is 0 Å². The van der Waals surface area contributed by atoms with E-state index in [0.717, 1.165) is 30.7 Å². The second kappa shape index (κ2) is 6.08. The maximum atomic E-state index is 11.5. The van der Waals surface area contributed by atoms with Gasteiger partial charge in [0.25, 0.3) is 5.56 Å². The van der Waals surface area contributed by atoms with Gasteiger partial charge in [-0.3, -0.25) is 4.79 Å². The van der Waals surface area contributed by atoms with Crippen LogP contribution in [0.3, 0.4) is 0 Å². The van der Waals surface area contributed by atoms with Gasteiger partial charge in [0.1, 0.15) is 0 Å². The highest BCUT2D eigenvalue weighted by Crippen LogP contribution is 2.04. The van der Waals surface area contributed by atoms with Gasteiger partial charge in [0.05, 0.1) is 0 Å². The molecule has 0 N–H and O–H groups in total. The summed E-state index contributed by atoms with van der Waals surface area (Å²) >= 11 is 3.36. The molecule has 1 aromatic heterocycles. The molecule has 0 saturated heterocycles. The predicted octanol–water partition coefficient (Wildman–Crippen LogP) is 1.95. The molecule has 0 aliphatic carbocycles. The lowest BCUT2D eigenvalue weighted by molar-refractivity contribution is 0.289. The quantitative estimate of drug-likeness (QED) is 0.819. The van der Waals surface area contributed by atoms with E-state index in [1.807, 2.05) is 6.20 Å². The molecule has 1 aromatic rings. The van der Waals surface area contributed by atoms with Gasteiger partial charge in [-0.2, -0.15) is 0 Å². The van der Waals surface area contributed by atoms with Crippen molar-refractivity contribution in [3.63, 3.8) is 0 Å². The van der Waals surface area contributed by atoms with Crippen LogP contribution < -0.4 is 5.56 Å². The molecule has 4 heteroatoms. The molecule has 15 heavy (non-hydrogen) atoms. The molecular weight excluding hydrogens is 256 g/mol. The summed E-state index contributed by atoms with van der Waals surface area (Å²) in [6, 6.07) is 3.36. The van der Waals surface area contributed by atoms with Crippen LogP contribution in [0.15, 0.2) is 27.6 Å². The summed E-state index contributed by atoms with van der Waals surface area (Å²) in [5.74, 6) is 0. The van der Waals surface area contributed by atoms with E-state index < -0.39 is 0 Å². The molecule has 0 spiro atoms. The zero-order valence-electron chi connectivity index (χ0n) is 9.24. The third-order valence-electron chi connectivity index (χ3n) is 2.50. The minimum atomic E-state index is 0.0605. The van der Waals surface area contributed by atoms with Crippen molar-refractivity contribution in [3.05, 3.63) is 33.2 Å². The van der Waals surface area contributed by atoms with Gasteiger partial charge in [0, 0.05) is 29.8 Å². The van der Waals surface area contributed by atoms with Crippen LogP contribution >= 0.6 is 15.9 Å². The Kier molecular flexibility index (Phi) is 5.05. The summed E-state index contributed by atoms with van der Waals surface area (Å²) in [4.78, 5) is 13.8. The molecule has 0 bridgehead atoms. The standard InChI is InChI=1S/C11H17BrN2O/c1-3-13(4-2)7-8-14-9-10(12)5-6-11(14)15/h5-6,9H,3-4,7-8H2,1-2H3. The fraction of sp³-hybridized carbons (Fsp3) is 0.545. The minimum absolute atomic E-state index is 0.0605. The van der Waals surface area contributed by atoms with Crippen LogP contribution in [0.1, 0.15) is 13.8 Å². The third kappa shape index (κ3) is 3.80. The molecule has 3 nitrogen and oxygen atoms in total. The highest BCUT2D eigenvalue weighted by molar-refractivity contribution is 9.10. The van der Waals surface area contributed by atoms with Crippen LogP contribution in [-0.4, -0.2) is 29.1 Å². The van der Waals surface area contributed by atoms with Crippen LogP contribution in [-0.2, 0) is 6.54 Å².